The molecular weight excluding hydrogens is 375 g/mol. The lowest BCUT2D eigenvalue weighted by atomic mass is 10.1. The molecule has 1 aliphatic heterocycles. The highest BCUT2D eigenvalue weighted by Crippen LogP contribution is 2.28. The number of benzene rings is 2. The van der Waals surface area contributed by atoms with Gasteiger partial charge in [-0.05, 0) is 30.3 Å². The van der Waals surface area contributed by atoms with E-state index in [4.69, 9.17) is 32.7 Å². The van der Waals surface area contributed by atoms with Gasteiger partial charge in [0.05, 0.1) is 31.6 Å². The van der Waals surface area contributed by atoms with Gasteiger partial charge in [0.25, 0.3) is 0 Å². The Kier molecular flexibility index (Phi) is 6.25. The SMILES string of the molecule is COC(=O)c1cc(NCc2c(Cl)cccc2Cl)ccc1N1CCOCC1. The Bertz CT molecular complexity index is 772. The average molecular weight is 395 g/mol. The Morgan fingerprint density at radius 3 is 2.54 bits per heavy atom. The van der Waals surface area contributed by atoms with Crippen LogP contribution in [0.1, 0.15) is 15.9 Å². The lowest BCUT2D eigenvalue weighted by molar-refractivity contribution is 0.0600. The Balaban J connectivity index is 1.83. The maximum absolute atomic E-state index is 12.3. The van der Waals surface area contributed by atoms with Crippen molar-refractivity contribution in [2.24, 2.45) is 0 Å². The van der Waals surface area contributed by atoms with Gasteiger partial charge >= 0.3 is 5.97 Å². The van der Waals surface area contributed by atoms with Gasteiger partial charge in [0.1, 0.15) is 0 Å². The third-order valence-corrected chi connectivity index (χ3v) is 4.99. The number of carbonyl (C=O) groups is 1. The van der Waals surface area contributed by atoms with E-state index in [1.54, 1.807) is 24.3 Å². The van der Waals surface area contributed by atoms with E-state index in [9.17, 15) is 4.79 Å². The molecule has 0 radical (unpaired) electrons. The molecule has 2 aromatic carbocycles. The number of rotatable bonds is 5. The van der Waals surface area contributed by atoms with E-state index in [2.05, 4.69) is 10.2 Å². The van der Waals surface area contributed by atoms with Crippen LogP contribution in [0, 0.1) is 0 Å². The topological polar surface area (TPSA) is 50.8 Å². The number of nitrogens with one attached hydrogen (secondary N) is 1. The van der Waals surface area contributed by atoms with Gasteiger partial charge in [0.2, 0.25) is 0 Å². The Hall–Kier alpha value is -1.95. The Labute approximate surface area is 162 Å². The molecule has 0 saturated carbocycles. The minimum atomic E-state index is -0.370. The number of nitrogens with zero attached hydrogens (tertiary/aromatic N) is 1. The first-order chi connectivity index (χ1) is 12.6. The van der Waals surface area contributed by atoms with Crippen molar-refractivity contribution >= 4 is 40.5 Å². The summed E-state index contributed by atoms with van der Waals surface area (Å²) in [4.78, 5) is 14.4. The molecule has 1 aliphatic rings. The molecule has 0 atom stereocenters. The van der Waals surface area contributed by atoms with Crippen LogP contribution < -0.4 is 10.2 Å². The molecule has 26 heavy (non-hydrogen) atoms. The summed E-state index contributed by atoms with van der Waals surface area (Å²) in [5.41, 5.74) is 2.97. The second-order valence-electron chi connectivity index (χ2n) is 5.88. The van der Waals surface area contributed by atoms with Crippen molar-refractivity contribution in [1.82, 2.24) is 0 Å². The van der Waals surface area contributed by atoms with E-state index >= 15 is 0 Å². The fourth-order valence-corrected chi connectivity index (χ4v) is 3.42. The number of hydrogen-bond acceptors (Lipinski definition) is 5. The average Bonchev–Trinajstić information content (AvgIpc) is 2.67. The smallest absolute Gasteiger partial charge is 0.340 e. The van der Waals surface area contributed by atoms with E-state index < -0.39 is 0 Å². The molecule has 138 valence electrons. The van der Waals surface area contributed by atoms with Gasteiger partial charge in [-0.25, -0.2) is 4.79 Å². The summed E-state index contributed by atoms with van der Waals surface area (Å²) in [7, 11) is 1.38. The van der Waals surface area contributed by atoms with Crippen LogP contribution >= 0.6 is 23.2 Å². The zero-order chi connectivity index (χ0) is 18.5. The zero-order valence-electron chi connectivity index (χ0n) is 14.4. The molecule has 7 heteroatoms. The predicted octanol–water partition coefficient (Wildman–Crippen LogP) is 4.23. The summed E-state index contributed by atoms with van der Waals surface area (Å²) < 4.78 is 10.3. The summed E-state index contributed by atoms with van der Waals surface area (Å²) in [6.07, 6.45) is 0. The fourth-order valence-electron chi connectivity index (χ4n) is 2.89. The molecule has 1 fully saturated rings. The summed E-state index contributed by atoms with van der Waals surface area (Å²) in [6.45, 7) is 3.23. The van der Waals surface area contributed by atoms with Gasteiger partial charge in [-0.15, -0.1) is 0 Å². The standard InChI is InChI=1S/C19H20Cl2N2O3/c1-25-19(24)14-11-13(5-6-18(14)23-7-9-26-10-8-23)22-12-15-16(20)3-2-4-17(15)21/h2-6,11,22H,7-10,12H2,1H3. The maximum Gasteiger partial charge on any atom is 0.340 e. The number of esters is 1. The van der Waals surface area contributed by atoms with Crippen LogP contribution in [-0.2, 0) is 16.0 Å². The van der Waals surface area contributed by atoms with Gasteiger partial charge in [-0.1, -0.05) is 29.3 Å². The van der Waals surface area contributed by atoms with Crippen LogP contribution in [0.3, 0.4) is 0 Å². The number of halogens is 2. The van der Waals surface area contributed by atoms with Crippen molar-refractivity contribution in [1.29, 1.82) is 0 Å². The Morgan fingerprint density at radius 2 is 1.88 bits per heavy atom. The first-order valence-corrected chi connectivity index (χ1v) is 9.07. The third-order valence-electron chi connectivity index (χ3n) is 4.28. The number of carbonyl (C=O) groups excluding carboxylic acids is 1. The molecule has 0 amide bonds. The number of morpholine rings is 1. The molecular formula is C19H20Cl2N2O3. The first-order valence-electron chi connectivity index (χ1n) is 8.32. The second-order valence-corrected chi connectivity index (χ2v) is 6.69. The van der Waals surface area contributed by atoms with Gasteiger partial charge in [0.15, 0.2) is 0 Å². The predicted molar refractivity (Wildman–Crippen MR) is 105 cm³/mol. The summed E-state index contributed by atoms with van der Waals surface area (Å²) in [5, 5.41) is 4.47. The van der Waals surface area contributed by atoms with Crippen molar-refractivity contribution < 1.29 is 14.3 Å². The molecule has 1 heterocycles. The minimum Gasteiger partial charge on any atom is -0.465 e. The van der Waals surface area contributed by atoms with E-state index in [1.807, 2.05) is 12.1 Å². The van der Waals surface area contributed by atoms with Crippen molar-refractivity contribution in [3.05, 3.63) is 57.6 Å². The summed E-state index contributed by atoms with van der Waals surface area (Å²) in [5.74, 6) is -0.370. The summed E-state index contributed by atoms with van der Waals surface area (Å²) >= 11 is 12.4. The highest BCUT2D eigenvalue weighted by molar-refractivity contribution is 6.36. The molecule has 0 unspecified atom stereocenters. The monoisotopic (exact) mass is 394 g/mol. The first kappa shape index (κ1) is 18.8. The number of anilines is 2. The molecule has 1 saturated heterocycles. The van der Waals surface area contributed by atoms with Crippen LogP contribution in [0.25, 0.3) is 0 Å². The highest BCUT2D eigenvalue weighted by Gasteiger charge is 2.20. The number of hydrogen-bond donors (Lipinski definition) is 1. The van der Waals surface area contributed by atoms with Crippen LogP contribution in [0.15, 0.2) is 36.4 Å². The molecule has 1 N–H and O–H groups in total. The summed E-state index contributed by atoms with van der Waals surface area (Å²) in [6, 6.07) is 11.1. The minimum absolute atomic E-state index is 0.370. The molecule has 0 bridgehead atoms. The third kappa shape index (κ3) is 4.23. The lowest BCUT2D eigenvalue weighted by Crippen LogP contribution is -2.37. The fraction of sp³-hybridized carbons (Fsp3) is 0.316. The van der Waals surface area contributed by atoms with Gasteiger partial charge in [-0.2, -0.15) is 0 Å². The second kappa shape index (κ2) is 8.62. The van der Waals surface area contributed by atoms with Crippen molar-refractivity contribution in [2.75, 3.05) is 43.6 Å². The largest absolute Gasteiger partial charge is 0.465 e. The lowest BCUT2D eigenvalue weighted by Gasteiger charge is -2.30. The molecule has 3 rings (SSSR count). The van der Waals surface area contributed by atoms with Crippen molar-refractivity contribution in [3.63, 3.8) is 0 Å². The number of methoxy groups -OCH3 is 1. The van der Waals surface area contributed by atoms with Gasteiger partial charge < -0.3 is 19.7 Å². The van der Waals surface area contributed by atoms with Crippen molar-refractivity contribution in [2.45, 2.75) is 6.54 Å². The number of ether oxygens (including phenoxy) is 2. The normalized spacial score (nSPS) is 14.2. The van der Waals surface area contributed by atoms with Gasteiger partial charge in [0, 0.05) is 40.9 Å². The highest BCUT2D eigenvalue weighted by atomic mass is 35.5. The molecule has 2 aromatic rings. The van der Waals surface area contributed by atoms with E-state index in [0.29, 0.717) is 35.4 Å². The molecule has 0 spiro atoms. The molecule has 5 nitrogen and oxygen atoms in total. The van der Waals surface area contributed by atoms with Crippen LogP contribution in [-0.4, -0.2) is 39.4 Å². The van der Waals surface area contributed by atoms with Crippen LogP contribution in [0.4, 0.5) is 11.4 Å². The molecule has 0 aliphatic carbocycles. The van der Waals surface area contributed by atoms with Crippen LogP contribution in [0.2, 0.25) is 10.0 Å². The van der Waals surface area contributed by atoms with E-state index in [1.165, 1.54) is 7.11 Å². The van der Waals surface area contributed by atoms with Gasteiger partial charge in [-0.3, -0.25) is 0 Å². The maximum atomic E-state index is 12.3. The van der Waals surface area contributed by atoms with Crippen molar-refractivity contribution in [3.8, 4) is 0 Å². The van der Waals surface area contributed by atoms with E-state index in [0.717, 1.165) is 30.0 Å². The van der Waals surface area contributed by atoms with E-state index in [-0.39, 0.29) is 5.97 Å². The Morgan fingerprint density at radius 1 is 1.19 bits per heavy atom. The molecule has 0 aromatic heterocycles. The van der Waals surface area contributed by atoms with Crippen LogP contribution in [0.5, 0.6) is 0 Å². The zero-order valence-corrected chi connectivity index (χ0v) is 15.9. The quantitative estimate of drug-likeness (QED) is 0.768.